The van der Waals surface area contributed by atoms with Crippen molar-refractivity contribution in [3.05, 3.63) is 114 Å². The van der Waals surface area contributed by atoms with Gasteiger partial charge in [-0.1, -0.05) is 41.2 Å². The predicted molar refractivity (Wildman–Crippen MR) is 150 cm³/mol. The van der Waals surface area contributed by atoms with Crippen molar-refractivity contribution in [3.8, 4) is 11.3 Å². The molecule has 0 radical (unpaired) electrons. The number of carboxylic acid groups (broad SMARTS) is 2. The van der Waals surface area contributed by atoms with E-state index in [-0.39, 0.29) is 46.0 Å². The molecule has 3 heterocycles. The number of carbonyl (C=O) groups is 3. The molecule has 0 saturated carbocycles. The van der Waals surface area contributed by atoms with E-state index >= 15 is 0 Å². The van der Waals surface area contributed by atoms with Crippen LogP contribution in [0.1, 0.15) is 57.5 Å². The van der Waals surface area contributed by atoms with Crippen LogP contribution in [0.3, 0.4) is 0 Å². The normalized spacial score (nSPS) is 14.9. The number of carbonyl (C=O) groups excluding carboxylic acids is 1. The van der Waals surface area contributed by atoms with Gasteiger partial charge in [-0.2, -0.15) is 0 Å². The fourth-order valence-corrected chi connectivity index (χ4v) is 5.61. The number of nitrogens with zero attached hydrogens (tertiary/aromatic N) is 2. The van der Waals surface area contributed by atoms with Gasteiger partial charge in [0, 0.05) is 11.6 Å². The first-order valence-electron chi connectivity index (χ1n) is 12.6. The van der Waals surface area contributed by atoms with Gasteiger partial charge in [-0.05, 0) is 56.7 Å². The number of esters is 1. The van der Waals surface area contributed by atoms with Crippen LogP contribution in [0.5, 0.6) is 0 Å². The van der Waals surface area contributed by atoms with Crippen LogP contribution >= 0.6 is 11.3 Å². The molecule has 11 heteroatoms. The standard InChI is InChI=1S/C30H24N2O8S/c1-4-39-29(38)24-16(3)31-30-32(25(24)17-7-5-15(2)6-8-17)26(33)23(41-30)14-21-9-10-22(40-21)18-11-19(27(34)35)13-20(12-18)28(36)37/h5-14,25H,4H2,1-3H3,(H,34,35)(H,36,37)/b23-14-/t25-/m1/s1. The van der Waals surface area contributed by atoms with Crippen molar-refractivity contribution >= 4 is 35.3 Å². The van der Waals surface area contributed by atoms with Gasteiger partial charge in [0.1, 0.15) is 11.5 Å². The summed E-state index contributed by atoms with van der Waals surface area (Å²) < 4.78 is 12.9. The van der Waals surface area contributed by atoms with Crippen LogP contribution in [-0.2, 0) is 9.53 Å². The molecule has 4 aromatic rings. The Kier molecular flexibility index (Phi) is 7.29. The van der Waals surface area contributed by atoms with E-state index in [0.29, 0.717) is 15.0 Å². The molecule has 1 aliphatic rings. The molecule has 2 aromatic carbocycles. The van der Waals surface area contributed by atoms with Gasteiger partial charge in [0.25, 0.3) is 5.56 Å². The Labute approximate surface area is 236 Å². The number of aromatic nitrogens is 1. The van der Waals surface area contributed by atoms with Crippen molar-refractivity contribution in [3.63, 3.8) is 0 Å². The van der Waals surface area contributed by atoms with Gasteiger partial charge in [-0.25, -0.2) is 19.4 Å². The lowest BCUT2D eigenvalue weighted by Gasteiger charge is -2.24. The molecule has 0 amide bonds. The Balaban J connectivity index is 1.62. The Bertz CT molecular complexity index is 1890. The van der Waals surface area contributed by atoms with Crippen LogP contribution in [0.15, 0.2) is 80.1 Å². The number of fused-ring (bicyclic) bond motifs is 1. The molecule has 0 fully saturated rings. The number of furan rings is 1. The molecule has 0 aliphatic carbocycles. The molecule has 2 aromatic heterocycles. The molecular weight excluding hydrogens is 548 g/mol. The van der Waals surface area contributed by atoms with Gasteiger partial charge in [0.05, 0.1) is 39.6 Å². The largest absolute Gasteiger partial charge is 0.478 e. The second-order valence-corrected chi connectivity index (χ2v) is 10.3. The fraction of sp³-hybridized carbons (Fsp3) is 0.167. The highest BCUT2D eigenvalue weighted by molar-refractivity contribution is 7.07. The lowest BCUT2D eigenvalue weighted by molar-refractivity contribution is -0.139. The van der Waals surface area contributed by atoms with Crippen LogP contribution in [-0.4, -0.2) is 39.3 Å². The van der Waals surface area contributed by atoms with Crippen LogP contribution in [0.25, 0.3) is 17.4 Å². The van der Waals surface area contributed by atoms with Crippen molar-refractivity contribution in [2.24, 2.45) is 4.99 Å². The SMILES string of the molecule is CCOC(=O)C1=C(C)N=c2s/c(=C\c3ccc(-c4cc(C(=O)O)cc(C(=O)O)c4)o3)c(=O)n2[C@@H]1c1ccc(C)cc1. The number of aryl methyl sites for hydroxylation is 1. The highest BCUT2D eigenvalue weighted by atomic mass is 32.1. The number of rotatable bonds is 7. The van der Waals surface area contributed by atoms with E-state index in [1.54, 1.807) is 26.0 Å². The van der Waals surface area contributed by atoms with E-state index in [1.807, 2.05) is 31.2 Å². The maximum Gasteiger partial charge on any atom is 0.338 e. The van der Waals surface area contributed by atoms with E-state index in [1.165, 1.54) is 22.8 Å². The third-order valence-electron chi connectivity index (χ3n) is 6.52. The second-order valence-electron chi connectivity index (χ2n) is 9.32. The molecule has 0 spiro atoms. The maximum absolute atomic E-state index is 13.8. The van der Waals surface area contributed by atoms with E-state index < -0.39 is 23.9 Å². The summed E-state index contributed by atoms with van der Waals surface area (Å²) in [6.07, 6.45) is 1.53. The van der Waals surface area contributed by atoms with E-state index in [2.05, 4.69) is 4.99 Å². The summed E-state index contributed by atoms with van der Waals surface area (Å²) in [5, 5.41) is 18.8. The zero-order valence-corrected chi connectivity index (χ0v) is 23.0. The smallest absolute Gasteiger partial charge is 0.338 e. The minimum absolute atomic E-state index is 0.171. The molecule has 41 heavy (non-hydrogen) atoms. The lowest BCUT2D eigenvalue weighted by Crippen LogP contribution is -2.39. The first kappa shape index (κ1) is 27.5. The maximum atomic E-state index is 13.8. The Morgan fingerprint density at radius 2 is 1.68 bits per heavy atom. The van der Waals surface area contributed by atoms with Gasteiger partial charge in [0.2, 0.25) is 0 Å². The summed E-state index contributed by atoms with van der Waals surface area (Å²) in [7, 11) is 0. The molecule has 1 atom stereocenters. The number of aromatic carboxylic acids is 2. The third kappa shape index (κ3) is 5.27. The van der Waals surface area contributed by atoms with Gasteiger partial charge in [-0.3, -0.25) is 9.36 Å². The summed E-state index contributed by atoms with van der Waals surface area (Å²) in [5.74, 6) is -2.58. The zero-order valence-electron chi connectivity index (χ0n) is 22.2. The highest BCUT2D eigenvalue weighted by Gasteiger charge is 2.33. The number of allylic oxidation sites excluding steroid dienone is 1. The number of benzene rings is 2. The monoisotopic (exact) mass is 572 g/mol. The minimum Gasteiger partial charge on any atom is -0.478 e. The second kappa shape index (κ2) is 10.9. The molecular formula is C30H24N2O8S. The molecule has 2 N–H and O–H groups in total. The summed E-state index contributed by atoms with van der Waals surface area (Å²) in [6.45, 7) is 5.54. The first-order chi connectivity index (χ1) is 19.6. The van der Waals surface area contributed by atoms with Crippen molar-refractivity contribution in [1.82, 2.24) is 4.57 Å². The van der Waals surface area contributed by atoms with E-state index in [0.717, 1.165) is 28.5 Å². The average molecular weight is 573 g/mol. The zero-order chi connectivity index (χ0) is 29.4. The number of ether oxygens (including phenoxy) is 1. The van der Waals surface area contributed by atoms with Gasteiger partial charge in [-0.15, -0.1) is 0 Å². The highest BCUT2D eigenvalue weighted by Crippen LogP contribution is 2.31. The van der Waals surface area contributed by atoms with Gasteiger partial charge in [0.15, 0.2) is 4.80 Å². The van der Waals surface area contributed by atoms with E-state index in [9.17, 15) is 29.4 Å². The molecule has 0 bridgehead atoms. The lowest BCUT2D eigenvalue weighted by atomic mass is 9.95. The first-order valence-corrected chi connectivity index (χ1v) is 13.4. The summed E-state index contributed by atoms with van der Waals surface area (Å²) in [6, 6.07) is 13.6. The summed E-state index contributed by atoms with van der Waals surface area (Å²) in [5.41, 5.74) is 1.97. The number of hydrogen-bond acceptors (Lipinski definition) is 8. The molecule has 208 valence electrons. The van der Waals surface area contributed by atoms with Crippen LogP contribution < -0.4 is 14.9 Å². The van der Waals surface area contributed by atoms with Crippen LogP contribution in [0, 0.1) is 6.92 Å². The Morgan fingerprint density at radius 3 is 2.29 bits per heavy atom. The molecule has 0 saturated heterocycles. The van der Waals surface area contributed by atoms with Crippen LogP contribution in [0.2, 0.25) is 0 Å². The van der Waals surface area contributed by atoms with Crippen molar-refractivity contribution in [2.45, 2.75) is 26.8 Å². The topological polar surface area (TPSA) is 148 Å². The minimum atomic E-state index is -1.28. The summed E-state index contributed by atoms with van der Waals surface area (Å²) in [4.78, 5) is 54.7. The molecule has 10 nitrogen and oxygen atoms in total. The van der Waals surface area contributed by atoms with Crippen molar-refractivity contribution < 1.29 is 33.8 Å². The van der Waals surface area contributed by atoms with E-state index in [4.69, 9.17) is 9.15 Å². The number of hydrogen-bond donors (Lipinski definition) is 2. The van der Waals surface area contributed by atoms with Crippen molar-refractivity contribution in [1.29, 1.82) is 0 Å². The summed E-state index contributed by atoms with van der Waals surface area (Å²) >= 11 is 1.13. The van der Waals surface area contributed by atoms with Gasteiger partial charge < -0.3 is 19.4 Å². The van der Waals surface area contributed by atoms with Crippen LogP contribution in [0.4, 0.5) is 0 Å². The number of carboxylic acids is 2. The fourth-order valence-electron chi connectivity index (χ4n) is 4.59. The third-order valence-corrected chi connectivity index (χ3v) is 7.50. The average Bonchev–Trinajstić information content (AvgIpc) is 3.52. The quantitative estimate of drug-likeness (QED) is 0.318. The van der Waals surface area contributed by atoms with Crippen molar-refractivity contribution in [2.75, 3.05) is 6.61 Å². The molecule has 5 rings (SSSR count). The van der Waals surface area contributed by atoms with Gasteiger partial charge >= 0.3 is 17.9 Å². The number of thiazole rings is 1. The molecule has 0 unspecified atom stereocenters. The molecule has 1 aliphatic heterocycles. The Morgan fingerprint density at radius 1 is 1.02 bits per heavy atom. The Hall–Kier alpha value is -5.03. The predicted octanol–water partition coefficient (Wildman–Crippen LogP) is 3.76.